The van der Waals surface area contributed by atoms with Gasteiger partial charge in [-0.1, -0.05) is 17.7 Å². The molecule has 0 radical (unpaired) electrons. The van der Waals surface area contributed by atoms with E-state index < -0.39 is 11.4 Å². The molecule has 0 amide bonds. The minimum absolute atomic E-state index is 0.151. The van der Waals surface area contributed by atoms with Crippen LogP contribution in [-0.4, -0.2) is 41.7 Å². The Labute approximate surface area is 125 Å². The number of hydrogen-bond donors (Lipinski definition) is 1. The molecule has 4 nitrogen and oxygen atoms in total. The molecule has 1 aromatic rings. The van der Waals surface area contributed by atoms with E-state index in [1.165, 1.54) is 11.1 Å². The molecule has 2 atom stereocenters. The molecule has 0 aliphatic carbocycles. The summed E-state index contributed by atoms with van der Waals surface area (Å²) in [6.45, 7) is 6.36. The van der Waals surface area contributed by atoms with Gasteiger partial charge in [-0.2, -0.15) is 0 Å². The van der Waals surface area contributed by atoms with Gasteiger partial charge < -0.3 is 9.84 Å². The topological polar surface area (TPSA) is 49.8 Å². The molecule has 21 heavy (non-hydrogen) atoms. The number of fused-ring (bicyclic) bond motifs is 1. The number of aliphatic carboxylic acids is 1. The number of carbonyl (C=O) groups is 1. The number of nitrogens with zero attached hydrogens (tertiary/aromatic N) is 1. The van der Waals surface area contributed by atoms with Crippen molar-refractivity contribution < 1.29 is 14.6 Å². The van der Waals surface area contributed by atoms with Crippen LogP contribution in [0.2, 0.25) is 0 Å². The van der Waals surface area contributed by atoms with Gasteiger partial charge in [0.25, 0.3) is 0 Å². The lowest BCUT2D eigenvalue weighted by Crippen LogP contribution is -2.48. The number of aryl methyl sites for hydroxylation is 1. The van der Waals surface area contributed by atoms with Gasteiger partial charge in [-0.25, -0.2) is 0 Å². The minimum Gasteiger partial charge on any atom is -0.488 e. The van der Waals surface area contributed by atoms with Gasteiger partial charge in [0.05, 0.1) is 5.41 Å². The van der Waals surface area contributed by atoms with E-state index in [1.54, 1.807) is 0 Å². The van der Waals surface area contributed by atoms with E-state index in [4.69, 9.17) is 4.74 Å². The number of piperidine rings is 1. The van der Waals surface area contributed by atoms with Crippen molar-refractivity contribution in [2.75, 3.05) is 19.6 Å². The maximum absolute atomic E-state index is 11.4. The molecule has 2 aliphatic heterocycles. The quantitative estimate of drug-likeness (QED) is 0.929. The molecular weight excluding hydrogens is 266 g/mol. The second-order valence-electron chi connectivity index (χ2n) is 6.76. The molecule has 2 unspecified atom stereocenters. The van der Waals surface area contributed by atoms with Crippen LogP contribution in [0.1, 0.15) is 30.9 Å². The van der Waals surface area contributed by atoms with Crippen molar-refractivity contribution in [3.05, 3.63) is 29.3 Å². The fourth-order valence-corrected chi connectivity index (χ4v) is 3.51. The number of hydrogen-bond acceptors (Lipinski definition) is 3. The van der Waals surface area contributed by atoms with E-state index in [0.29, 0.717) is 6.54 Å². The standard InChI is InChI=1S/C17H23NO3/c1-12-4-5-15-13(8-12)9-14(21-15)10-18-7-3-6-17(2,11-18)16(19)20/h4-5,8,14H,3,6-7,9-11H2,1-2H3,(H,19,20). The highest BCUT2D eigenvalue weighted by Crippen LogP contribution is 2.33. The van der Waals surface area contributed by atoms with Crippen molar-refractivity contribution in [1.29, 1.82) is 0 Å². The Balaban J connectivity index is 1.62. The first-order valence-electron chi connectivity index (χ1n) is 7.68. The lowest BCUT2D eigenvalue weighted by molar-refractivity contribution is -0.151. The van der Waals surface area contributed by atoms with Crippen LogP contribution in [0.4, 0.5) is 0 Å². The summed E-state index contributed by atoms with van der Waals surface area (Å²) >= 11 is 0. The first-order valence-corrected chi connectivity index (χ1v) is 7.68. The second kappa shape index (κ2) is 5.34. The Bertz CT molecular complexity index is 557. The zero-order chi connectivity index (χ0) is 15.0. The Kier molecular flexibility index (Phi) is 3.66. The van der Waals surface area contributed by atoms with Crippen molar-refractivity contribution in [3.8, 4) is 5.75 Å². The monoisotopic (exact) mass is 289 g/mol. The summed E-state index contributed by atoms with van der Waals surface area (Å²) in [5.74, 6) is 0.307. The van der Waals surface area contributed by atoms with Crippen LogP contribution < -0.4 is 4.74 Å². The third-order valence-corrected chi connectivity index (χ3v) is 4.71. The number of ether oxygens (including phenoxy) is 1. The van der Waals surface area contributed by atoms with Gasteiger partial charge in [-0.15, -0.1) is 0 Å². The minimum atomic E-state index is -0.682. The highest BCUT2D eigenvalue weighted by molar-refractivity contribution is 5.74. The fourth-order valence-electron chi connectivity index (χ4n) is 3.51. The lowest BCUT2D eigenvalue weighted by Gasteiger charge is -2.38. The first-order chi connectivity index (χ1) is 9.96. The highest BCUT2D eigenvalue weighted by atomic mass is 16.5. The summed E-state index contributed by atoms with van der Waals surface area (Å²) in [6.07, 6.45) is 2.79. The average molecular weight is 289 g/mol. The Hall–Kier alpha value is -1.55. The van der Waals surface area contributed by atoms with Crippen LogP contribution in [0.5, 0.6) is 5.75 Å². The van der Waals surface area contributed by atoms with Crippen molar-refractivity contribution in [1.82, 2.24) is 4.90 Å². The maximum atomic E-state index is 11.4. The molecule has 1 aromatic carbocycles. The van der Waals surface area contributed by atoms with Gasteiger partial charge >= 0.3 is 5.97 Å². The number of benzene rings is 1. The lowest BCUT2D eigenvalue weighted by atomic mass is 9.82. The molecular formula is C17H23NO3. The third kappa shape index (κ3) is 2.91. The number of likely N-dealkylation sites (tertiary alicyclic amines) is 1. The summed E-state index contributed by atoms with van der Waals surface area (Å²) < 4.78 is 6.00. The Morgan fingerprint density at radius 3 is 3.10 bits per heavy atom. The van der Waals surface area contributed by atoms with E-state index in [9.17, 15) is 9.90 Å². The normalized spacial score (nSPS) is 29.0. The molecule has 2 aliphatic rings. The third-order valence-electron chi connectivity index (χ3n) is 4.71. The average Bonchev–Trinajstić information content (AvgIpc) is 2.80. The van der Waals surface area contributed by atoms with Gasteiger partial charge in [-0.05, 0) is 44.9 Å². The van der Waals surface area contributed by atoms with Gasteiger partial charge in [0, 0.05) is 19.5 Å². The van der Waals surface area contributed by atoms with E-state index >= 15 is 0 Å². The van der Waals surface area contributed by atoms with E-state index in [1.807, 2.05) is 13.0 Å². The van der Waals surface area contributed by atoms with Crippen LogP contribution in [-0.2, 0) is 11.2 Å². The predicted octanol–water partition coefficient (Wildman–Crippen LogP) is 2.49. The van der Waals surface area contributed by atoms with Gasteiger partial charge in [-0.3, -0.25) is 9.69 Å². The summed E-state index contributed by atoms with van der Waals surface area (Å²) in [7, 11) is 0. The van der Waals surface area contributed by atoms with Crippen LogP contribution in [0.25, 0.3) is 0 Å². The number of carboxylic acid groups (broad SMARTS) is 1. The van der Waals surface area contributed by atoms with Gasteiger partial charge in [0.15, 0.2) is 0 Å². The molecule has 114 valence electrons. The zero-order valence-electron chi connectivity index (χ0n) is 12.8. The second-order valence-corrected chi connectivity index (χ2v) is 6.76. The Morgan fingerprint density at radius 1 is 1.52 bits per heavy atom. The van der Waals surface area contributed by atoms with Crippen molar-refractivity contribution in [2.45, 2.75) is 39.2 Å². The van der Waals surface area contributed by atoms with Crippen LogP contribution >= 0.6 is 0 Å². The largest absolute Gasteiger partial charge is 0.488 e. The first kappa shape index (κ1) is 14.4. The molecule has 0 aromatic heterocycles. The zero-order valence-corrected chi connectivity index (χ0v) is 12.8. The molecule has 4 heteroatoms. The molecule has 1 saturated heterocycles. The predicted molar refractivity (Wildman–Crippen MR) is 80.7 cm³/mol. The van der Waals surface area contributed by atoms with E-state index in [-0.39, 0.29) is 6.10 Å². The molecule has 1 N–H and O–H groups in total. The summed E-state index contributed by atoms with van der Waals surface area (Å²) in [6, 6.07) is 6.30. The maximum Gasteiger partial charge on any atom is 0.310 e. The smallest absolute Gasteiger partial charge is 0.310 e. The van der Waals surface area contributed by atoms with Crippen LogP contribution in [0, 0.1) is 12.3 Å². The molecule has 1 fully saturated rings. The molecule has 0 bridgehead atoms. The van der Waals surface area contributed by atoms with Crippen LogP contribution in [0.15, 0.2) is 18.2 Å². The van der Waals surface area contributed by atoms with Crippen molar-refractivity contribution in [3.63, 3.8) is 0 Å². The van der Waals surface area contributed by atoms with E-state index in [2.05, 4.69) is 24.0 Å². The van der Waals surface area contributed by atoms with Gasteiger partial charge in [0.1, 0.15) is 11.9 Å². The van der Waals surface area contributed by atoms with Crippen LogP contribution in [0.3, 0.4) is 0 Å². The van der Waals surface area contributed by atoms with E-state index in [0.717, 1.165) is 38.1 Å². The SMILES string of the molecule is Cc1ccc2c(c1)CC(CN1CCCC(C)(C(=O)O)C1)O2. The highest BCUT2D eigenvalue weighted by Gasteiger charge is 2.38. The summed E-state index contributed by atoms with van der Waals surface area (Å²) in [5.41, 5.74) is 1.92. The fraction of sp³-hybridized carbons (Fsp3) is 0.588. The van der Waals surface area contributed by atoms with Gasteiger partial charge in [0.2, 0.25) is 0 Å². The Morgan fingerprint density at radius 2 is 2.33 bits per heavy atom. The van der Waals surface area contributed by atoms with Crippen molar-refractivity contribution in [2.24, 2.45) is 5.41 Å². The van der Waals surface area contributed by atoms with Crippen molar-refractivity contribution >= 4 is 5.97 Å². The molecule has 0 spiro atoms. The summed E-state index contributed by atoms with van der Waals surface area (Å²) in [4.78, 5) is 13.7. The molecule has 0 saturated carbocycles. The number of carboxylic acids is 1. The summed E-state index contributed by atoms with van der Waals surface area (Å²) in [5, 5.41) is 9.39. The number of rotatable bonds is 3. The molecule has 3 rings (SSSR count). The molecule has 2 heterocycles.